The second-order valence-electron chi connectivity index (χ2n) is 15.7. The van der Waals surface area contributed by atoms with E-state index in [1.807, 2.05) is 0 Å². The molecule has 0 aromatic heterocycles. The first-order valence-electron chi connectivity index (χ1n) is 17.9. The zero-order chi connectivity index (χ0) is 31.6. The molecule has 1 amide bonds. The Kier molecular flexibility index (Phi) is 10.1. The van der Waals surface area contributed by atoms with Gasteiger partial charge in [0.15, 0.2) is 6.61 Å². The number of nitrogens with two attached hydrogens (primary N) is 1. The molecule has 4 saturated carbocycles. The third-order valence-electron chi connectivity index (χ3n) is 12.4. The number of carbonyl (C=O) groups is 1. The molecule has 6 atom stereocenters. The summed E-state index contributed by atoms with van der Waals surface area (Å²) in [6.07, 6.45) is 13.0. The number of amides is 1. The van der Waals surface area contributed by atoms with Gasteiger partial charge >= 0.3 is 0 Å². The fourth-order valence-electron chi connectivity index (χ4n) is 10.7. The van der Waals surface area contributed by atoms with Crippen LogP contribution < -0.4 is 11.1 Å². The Labute approximate surface area is 270 Å². The van der Waals surface area contributed by atoms with Crippen LogP contribution in [-0.2, 0) is 30.9 Å². The molecule has 250 valence electrons. The van der Waals surface area contributed by atoms with Gasteiger partial charge in [-0.3, -0.25) is 4.79 Å². The number of hydrogen-bond donors (Lipinski definition) is 3. The molecule has 8 heteroatoms. The van der Waals surface area contributed by atoms with E-state index in [9.17, 15) is 9.90 Å². The molecular formula is C37H57N3O5. The third-order valence-corrected chi connectivity index (χ3v) is 12.4. The molecule has 5 aliphatic rings. The standard InChI is InChI=1S/C37H57N3O5/c1-24-16-25-18-26(17-24)22-36(2,21-25)32-20-30-27(19-33(32)41)4-5-29-28(30)8-9-37(3)31(29)6-7-34(37)40-45-23-35(42)39-11-13-44-15-14-43-12-10-38/h19-20,24-26,28-29,31,41H,4-18,21-23,38H2,1-3H3,(H,39,42)/b40-34+/t24?,25?,26?,28?,29?,31?,36?,37-/m0/s1. The summed E-state index contributed by atoms with van der Waals surface area (Å²) in [4.78, 5) is 17.9. The van der Waals surface area contributed by atoms with Crippen molar-refractivity contribution in [2.45, 2.75) is 103 Å². The number of aryl methyl sites for hydroxylation is 1. The normalized spacial score (nSPS) is 36.2. The number of oxime groups is 1. The van der Waals surface area contributed by atoms with Crippen molar-refractivity contribution in [3.63, 3.8) is 0 Å². The summed E-state index contributed by atoms with van der Waals surface area (Å²) < 4.78 is 10.7. The largest absolute Gasteiger partial charge is 0.508 e. The van der Waals surface area contributed by atoms with Gasteiger partial charge < -0.3 is 30.5 Å². The number of carbonyl (C=O) groups excluding carboxylic acids is 1. The van der Waals surface area contributed by atoms with E-state index in [2.05, 4.69) is 43.4 Å². The Morgan fingerprint density at radius 1 is 1.02 bits per heavy atom. The van der Waals surface area contributed by atoms with Gasteiger partial charge in [0.2, 0.25) is 0 Å². The number of benzene rings is 1. The van der Waals surface area contributed by atoms with Gasteiger partial charge in [0.1, 0.15) is 5.75 Å². The molecule has 2 bridgehead atoms. The molecule has 0 saturated heterocycles. The van der Waals surface area contributed by atoms with Crippen LogP contribution in [0.2, 0.25) is 0 Å². The Hall–Kier alpha value is -2.16. The molecule has 6 rings (SSSR count). The van der Waals surface area contributed by atoms with Crippen LogP contribution in [0.4, 0.5) is 0 Å². The molecular weight excluding hydrogens is 566 g/mol. The van der Waals surface area contributed by atoms with Crippen molar-refractivity contribution in [1.82, 2.24) is 5.32 Å². The average molecular weight is 624 g/mol. The van der Waals surface area contributed by atoms with E-state index in [0.717, 1.165) is 55.6 Å². The van der Waals surface area contributed by atoms with Crippen molar-refractivity contribution in [2.75, 3.05) is 46.1 Å². The lowest BCUT2D eigenvalue weighted by Crippen LogP contribution is -2.43. The Morgan fingerprint density at radius 2 is 1.78 bits per heavy atom. The van der Waals surface area contributed by atoms with Crippen molar-refractivity contribution < 1.29 is 24.2 Å². The summed E-state index contributed by atoms with van der Waals surface area (Å²) in [5.74, 6) is 4.56. The lowest BCUT2D eigenvalue weighted by Gasteiger charge is -2.50. The second kappa shape index (κ2) is 13.9. The fraction of sp³-hybridized carbons (Fsp3) is 0.784. The molecule has 1 aromatic carbocycles. The van der Waals surface area contributed by atoms with Crippen molar-refractivity contribution in [3.8, 4) is 5.75 Å². The molecule has 5 aliphatic carbocycles. The summed E-state index contributed by atoms with van der Waals surface area (Å²) >= 11 is 0. The maximum absolute atomic E-state index is 12.3. The van der Waals surface area contributed by atoms with Crippen LogP contribution >= 0.6 is 0 Å². The van der Waals surface area contributed by atoms with Gasteiger partial charge in [0, 0.05) is 24.1 Å². The van der Waals surface area contributed by atoms with E-state index in [1.54, 1.807) is 0 Å². The fourth-order valence-corrected chi connectivity index (χ4v) is 10.7. The maximum atomic E-state index is 12.3. The van der Waals surface area contributed by atoms with Gasteiger partial charge in [-0.15, -0.1) is 0 Å². The summed E-state index contributed by atoms with van der Waals surface area (Å²) in [5, 5.41) is 18.8. The number of nitrogens with one attached hydrogen (secondary N) is 1. The molecule has 8 nitrogen and oxygen atoms in total. The van der Waals surface area contributed by atoms with Gasteiger partial charge in [-0.1, -0.05) is 32.0 Å². The highest BCUT2D eigenvalue weighted by molar-refractivity contribution is 5.92. The van der Waals surface area contributed by atoms with Crippen LogP contribution in [0.25, 0.3) is 0 Å². The molecule has 0 radical (unpaired) electrons. The maximum Gasteiger partial charge on any atom is 0.260 e. The molecule has 1 aromatic rings. The molecule has 0 heterocycles. The van der Waals surface area contributed by atoms with Crippen molar-refractivity contribution in [2.24, 2.45) is 45.9 Å². The van der Waals surface area contributed by atoms with Gasteiger partial charge in [-0.25, -0.2) is 0 Å². The minimum atomic E-state index is -0.182. The van der Waals surface area contributed by atoms with Gasteiger partial charge in [-0.2, -0.15) is 0 Å². The van der Waals surface area contributed by atoms with Crippen LogP contribution in [0.3, 0.4) is 0 Å². The predicted molar refractivity (Wildman–Crippen MR) is 176 cm³/mol. The van der Waals surface area contributed by atoms with Crippen LogP contribution in [-0.4, -0.2) is 62.8 Å². The topological polar surface area (TPSA) is 115 Å². The van der Waals surface area contributed by atoms with Crippen LogP contribution in [0.15, 0.2) is 17.3 Å². The SMILES string of the molecule is CC1CC2CC(C1)CC(C)(c1cc3c(cc1O)CCC1C3CC[C@]3(C)/C(=N/OCC(=O)NCCOCCOCCN)CCC13)C2. The zero-order valence-electron chi connectivity index (χ0n) is 28.0. The van der Waals surface area contributed by atoms with Gasteiger partial charge in [0.25, 0.3) is 5.91 Å². The number of ether oxygens (including phenoxy) is 2. The number of rotatable bonds is 12. The van der Waals surface area contributed by atoms with Crippen LogP contribution in [0, 0.1) is 35.0 Å². The van der Waals surface area contributed by atoms with Gasteiger partial charge in [0.05, 0.1) is 32.1 Å². The first-order chi connectivity index (χ1) is 21.7. The minimum Gasteiger partial charge on any atom is -0.508 e. The monoisotopic (exact) mass is 623 g/mol. The zero-order valence-corrected chi connectivity index (χ0v) is 28.0. The van der Waals surface area contributed by atoms with Crippen molar-refractivity contribution in [3.05, 3.63) is 28.8 Å². The summed E-state index contributed by atoms with van der Waals surface area (Å²) in [5.41, 5.74) is 10.8. The number of phenolic OH excluding ortho intramolecular Hbond substituents is 1. The Bertz CT molecular complexity index is 1220. The minimum absolute atomic E-state index is 0.0260. The number of hydrogen-bond acceptors (Lipinski definition) is 7. The van der Waals surface area contributed by atoms with Crippen LogP contribution in [0.5, 0.6) is 5.75 Å². The van der Waals surface area contributed by atoms with E-state index >= 15 is 0 Å². The van der Waals surface area contributed by atoms with Gasteiger partial charge in [-0.05, 0) is 129 Å². The van der Waals surface area contributed by atoms with E-state index in [1.165, 1.54) is 55.2 Å². The van der Waals surface area contributed by atoms with E-state index in [4.69, 9.17) is 20.0 Å². The number of fused-ring (bicyclic) bond motifs is 7. The number of nitrogens with zero attached hydrogens (tertiary/aromatic N) is 1. The average Bonchev–Trinajstić information content (AvgIpc) is 3.33. The molecule has 45 heavy (non-hydrogen) atoms. The highest BCUT2D eigenvalue weighted by Gasteiger charge is 2.54. The number of phenols is 1. The van der Waals surface area contributed by atoms with Crippen molar-refractivity contribution in [1.29, 1.82) is 0 Å². The highest BCUT2D eigenvalue weighted by atomic mass is 16.6. The first kappa shape index (κ1) is 32.8. The van der Waals surface area contributed by atoms with Crippen molar-refractivity contribution >= 4 is 11.6 Å². The molecule has 0 aliphatic heterocycles. The third kappa shape index (κ3) is 6.94. The Balaban J connectivity index is 1.06. The molecule has 0 spiro atoms. The summed E-state index contributed by atoms with van der Waals surface area (Å²) in [7, 11) is 0. The smallest absolute Gasteiger partial charge is 0.260 e. The lowest BCUT2D eigenvalue weighted by atomic mass is 9.54. The highest BCUT2D eigenvalue weighted by Crippen LogP contribution is 2.61. The van der Waals surface area contributed by atoms with E-state index in [0.29, 0.717) is 63.0 Å². The first-order valence-corrected chi connectivity index (χ1v) is 17.9. The van der Waals surface area contributed by atoms with Crippen LogP contribution in [0.1, 0.15) is 108 Å². The predicted octanol–water partition coefficient (Wildman–Crippen LogP) is 5.83. The second-order valence-corrected chi connectivity index (χ2v) is 15.7. The summed E-state index contributed by atoms with van der Waals surface area (Å²) in [6, 6.07) is 4.62. The molecule has 4 fully saturated rings. The summed E-state index contributed by atoms with van der Waals surface area (Å²) in [6.45, 7) is 10.1. The molecule has 5 unspecified atom stereocenters. The lowest BCUT2D eigenvalue weighted by molar-refractivity contribution is -0.125. The van der Waals surface area contributed by atoms with E-state index < -0.39 is 0 Å². The molecule has 4 N–H and O–H groups in total. The quantitative estimate of drug-likeness (QED) is 0.199. The Morgan fingerprint density at radius 3 is 2.53 bits per heavy atom. The van der Waals surface area contributed by atoms with E-state index in [-0.39, 0.29) is 23.3 Å². The number of aromatic hydroxyl groups is 1.